The fourth-order valence-corrected chi connectivity index (χ4v) is 5.19. The summed E-state index contributed by atoms with van der Waals surface area (Å²) in [6, 6.07) is 29.2. The van der Waals surface area contributed by atoms with Crippen molar-refractivity contribution >= 4 is 45.3 Å². The molecule has 0 fully saturated rings. The number of sulfonamides is 1. The minimum Gasteiger partial charge on any atom is -0.457 e. The first-order valence-corrected chi connectivity index (χ1v) is 13.6. The lowest BCUT2D eigenvalue weighted by molar-refractivity contribution is -0.121. The van der Waals surface area contributed by atoms with Crippen molar-refractivity contribution in [2.75, 3.05) is 6.54 Å². The van der Waals surface area contributed by atoms with E-state index in [9.17, 15) is 13.2 Å². The van der Waals surface area contributed by atoms with Crippen molar-refractivity contribution < 1.29 is 17.9 Å². The van der Waals surface area contributed by atoms with Gasteiger partial charge in [-0.1, -0.05) is 77.8 Å². The number of ether oxygens (including phenoxy) is 1. The number of rotatable bonds is 10. The monoisotopic (exact) mass is 567 g/mol. The number of halogens is 2. The van der Waals surface area contributed by atoms with Gasteiger partial charge in [-0.15, -0.1) is 0 Å². The molecule has 4 rings (SSSR count). The minimum atomic E-state index is -4.00. The average Bonchev–Trinajstić information content (AvgIpc) is 2.92. The van der Waals surface area contributed by atoms with Crippen molar-refractivity contribution in [3.05, 3.63) is 124 Å². The molecule has 1 amide bonds. The number of nitrogens with zero attached hydrogens (tertiary/aromatic N) is 2. The quantitative estimate of drug-likeness (QED) is 0.184. The Balaban J connectivity index is 1.46. The Morgan fingerprint density at radius 2 is 1.53 bits per heavy atom. The first-order chi connectivity index (χ1) is 18.3. The van der Waals surface area contributed by atoms with E-state index < -0.39 is 22.5 Å². The molecular weight excluding hydrogens is 545 g/mol. The summed E-state index contributed by atoms with van der Waals surface area (Å²) in [7, 11) is -4.00. The molecule has 194 valence electrons. The standard InChI is InChI=1S/C28H23Cl2N3O4S/c29-26-15-14-22(17-27(26)30)19-33(38(35,36)25-12-5-2-6-13-25)20-28(34)32-31-18-21-8-7-11-24(16-21)37-23-9-3-1-4-10-23/h1-18H,19-20H2,(H,32,34)/b31-18-. The number of nitrogens with one attached hydrogen (secondary N) is 1. The first-order valence-electron chi connectivity index (χ1n) is 11.5. The molecule has 0 atom stereocenters. The van der Waals surface area contributed by atoms with Crippen molar-refractivity contribution in [3.63, 3.8) is 0 Å². The van der Waals surface area contributed by atoms with Gasteiger partial charge in [-0.3, -0.25) is 4.79 Å². The Labute approximate surface area is 231 Å². The van der Waals surface area contributed by atoms with Crippen LogP contribution in [0.2, 0.25) is 10.0 Å². The molecule has 1 N–H and O–H groups in total. The second kappa shape index (κ2) is 12.7. The Morgan fingerprint density at radius 3 is 2.24 bits per heavy atom. The molecule has 10 heteroatoms. The fourth-order valence-electron chi connectivity index (χ4n) is 3.47. The number of benzene rings is 4. The molecule has 7 nitrogen and oxygen atoms in total. The number of carbonyl (C=O) groups is 1. The van der Waals surface area contributed by atoms with Crippen LogP contribution in [-0.2, 0) is 21.4 Å². The predicted octanol–water partition coefficient (Wildman–Crippen LogP) is 6.13. The zero-order chi connectivity index (χ0) is 27.0. The first kappa shape index (κ1) is 27.3. The summed E-state index contributed by atoms with van der Waals surface area (Å²) >= 11 is 12.1. The van der Waals surface area contributed by atoms with Gasteiger partial charge in [-0.2, -0.15) is 9.41 Å². The van der Waals surface area contributed by atoms with Gasteiger partial charge in [0.25, 0.3) is 5.91 Å². The van der Waals surface area contributed by atoms with Crippen LogP contribution in [0.15, 0.2) is 113 Å². The summed E-state index contributed by atoms with van der Waals surface area (Å²) in [4.78, 5) is 12.8. The third kappa shape index (κ3) is 7.43. The largest absolute Gasteiger partial charge is 0.457 e. The number of hydrogen-bond acceptors (Lipinski definition) is 5. The van der Waals surface area contributed by atoms with Crippen LogP contribution in [0.1, 0.15) is 11.1 Å². The maximum absolute atomic E-state index is 13.3. The molecule has 0 aliphatic heterocycles. The van der Waals surface area contributed by atoms with Gasteiger partial charge in [-0.25, -0.2) is 13.8 Å². The van der Waals surface area contributed by atoms with E-state index in [1.165, 1.54) is 18.3 Å². The highest BCUT2D eigenvalue weighted by Gasteiger charge is 2.27. The fraction of sp³-hybridized carbons (Fsp3) is 0.0714. The maximum atomic E-state index is 13.3. The Kier molecular flexibility index (Phi) is 9.15. The van der Waals surface area contributed by atoms with Gasteiger partial charge in [0.05, 0.1) is 27.7 Å². The highest BCUT2D eigenvalue weighted by atomic mass is 35.5. The number of hydrogen-bond donors (Lipinski definition) is 1. The SMILES string of the molecule is O=C(CN(Cc1ccc(Cl)c(Cl)c1)S(=O)(=O)c1ccccc1)N/N=C\c1cccc(Oc2ccccc2)c1. The normalized spacial score (nSPS) is 11.6. The number of amides is 1. The van der Waals surface area contributed by atoms with Gasteiger partial charge in [0.15, 0.2) is 0 Å². The zero-order valence-corrected chi connectivity index (χ0v) is 22.3. The number of hydrazone groups is 1. The number of para-hydroxylation sites is 1. The summed E-state index contributed by atoms with van der Waals surface area (Å²) in [5, 5.41) is 4.62. The van der Waals surface area contributed by atoms with Gasteiger partial charge in [0.2, 0.25) is 10.0 Å². The molecule has 0 spiro atoms. The lowest BCUT2D eigenvalue weighted by atomic mass is 10.2. The molecule has 0 heterocycles. The van der Waals surface area contributed by atoms with Gasteiger partial charge in [-0.05, 0) is 59.7 Å². The van der Waals surface area contributed by atoms with Crippen LogP contribution in [-0.4, -0.2) is 31.4 Å². The molecule has 0 bridgehead atoms. The molecule has 0 aliphatic rings. The van der Waals surface area contributed by atoms with Crippen LogP contribution in [0.5, 0.6) is 11.5 Å². The van der Waals surface area contributed by atoms with E-state index >= 15 is 0 Å². The molecule has 0 saturated heterocycles. The second-order valence-corrected chi connectivity index (χ2v) is 10.9. The highest BCUT2D eigenvalue weighted by molar-refractivity contribution is 7.89. The zero-order valence-electron chi connectivity index (χ0n) is 20.0. The van der Waals surface area contributed by atoms with E-state index in [1.54, 1.807) is 60.7 Å². The molecule has 38 heavy (non-hydrogen) atoms. The summed E-state index contributed by atoms with van der Waals surface area (Å²) in [5.41, 5.74) is 3.66. The van der Waals surface area contributed by atoms with Crippen molar-refractivity contribution in [1.29, 1.82) is 0 Å². The molecular formula is C28H23Cl2N3O4S. The third-order valence-electron chi connectivity index (χ3n) is 5.28. The maximum Gasteiger partial charge on any atom is 0.255 e. The average molecular weight is 568 g/mol. The van der Waals surface area contributed by atoms with Crippen LogP contribution in [0.4, 0.5) is 0 Å². The lowest BCUT2D eigenvalue weighted by Crippen LogP contribution is -2.39. The van der Waals surface area contributed by atoms with Crippen LogP contribution >= 0.6 is 23.2 Å². The Morgan fingerprint density at radius 1 is 0.842 bits per heavy atom. The second-order valence-electron chi connectivity index (χ2n) is 8.12. The van der Waals surface area contributed by atoms with Crippen LogP contribution in [0.3, 0.4) is 0 Å². The van der Waals surface area contributed by atoms with Gasteiger partial charge < -0.3 is 4.74 Å². The van der Waals surface area contributed by atoms with Crippen molar-refractivity contribution in [3.8, 4) is 11.5 Å². The molecule has 4 aromatic rings. The minimum absolute atomic E-state index is 0.0617. The number of carbonyl (C=O) groups excluding carboxylic acids is 1. The van der Waals surface area contributed by atoms with E-state index in [0.717, 1.165) is 4.31 Å². The molecule has 4 aromatic carbocycles. The van der Waals surface area contributed by atoms with Gasteiger partial charge in [0, 0.05) is 6.54 Å². The summed E-state index contributed by atoms with van der Waals surface area (Å²) in [6.07, 6.45) is 1.45. The van der Waals surface area contributed by atoms with E-state index in [-0.39, 0.29) is 16.5 Å². The molecule has 0 radical (unpaired) electrons. The third-order valence-corrected chi connectivity index (χ3v) is 7.83. The van der Waals surface area contributed by atoms with Crippen LogP contribution in [0.25, 0.3) is 0 Å². The van der Waals surface area contributed by atoms with E-state index in [1.807, 2.05) is 30.3 Å². The summed E-state index contributed by atoms with van der Waals surface area (Å²) in [6.45, 7) is -0.559. The molecule has 0 saturated carbocycles. The molecule has 0 unspecified atom stereocenters. The smallest absolute Gasteiger partial charge is 0.255 e. The van der Waals surface area contributed by atoms with Crippen molar-refractivity contribution in [2.24, 2.45) is 5.10 Å². The summed E-state index contributed by atoms with van der Waals surface area (Å²) in [5.74, 6) is 0.683. The Bertz CT molecular complexity index is 1530. The molecule has 0 aromatic heterocycles. The topological polar surface area (TPSA) is 88.1 Å². The van der Waals surface area contributed by atoms with E-state index in [2.05, 4.69) is 10.5 Å². The van der Waals surface area contributed by atoms with Gasteiger partial charge >= 0.3 is 0 Å². The molecule has 0 aliphatic carbocycles. The van der Waals surface area contributed by atoms with Crippen LogP contribution in [0, 0.1) is 0 Å². The van der Waals surface area contributed by atoms with Crippen LogP contribution < -0.4 is 10.2 Å². The van der Waals surface area contributed by atoms with Crippen molar-refractivity contribution in [1.82, 2.24) is 9.73 Å². The summed E-state index contributed by atoms with van der Waals surface area (Å²) < 4.78 is 33.6. The Hall–Kier alpha value is -3.69. The predicted molar refractivity (Wildman–Crippen MR) is 149 cm³/mol. The highest BCUT2D eigenvalue weighted by Crippen LogP contribution is 2.25. The van der Waals surface area contributed by atoms with Crippen molar-refractivity contribution in [2.45, 2.75) is 11.4 Å². The van der Waals surface area contributed by atoms with Gasteiger partial charge in [0.1, 0.15) is 11.5 Å². The van der Waals surface area contributed by atoms with E-state index in [4.69, 9.17) is 27.9 Å². The van der Waals surface area contributed by atoms with E-state index in [0.29, 0.717) is 27.6 Å². The lowest BCUT2D eigenvalue weighted by Gasteiger charge is -2.21.